The van der Waals surface area contributed by atoms with E-state index in [2.05, 4.69) is 69.6 Å². The van der Waals surface area contributed by atoms with Crippen molar-refractivity contribution < 1.29 is 9.59 Å². The van der Waals surface area contributed by atoms with Crippen LogP contribution in [0, 0.1) is 18.3 Å². The number of aryl methyl sites for hydroxylation is 1. The van der Waals surface area contributed by atoms with Crippen molar-refractivity contribution in [2.75, 3.05) is 19.6 Å². The Balaban J connectivity index is 0.000000427. The van der Waals surface area contributed by atoms with Crippen molar-refractivity contribution in [1.29, 1.82) is 0 Å². The molecule has 7 nitrogen and oxygen atoms in total. The van der Waals surface area contributed by atoms with Crippen molar-refractivity contribution in [3.63, 3.8) is 0 Å². The summed E-state index contributed by atoms with van der Waals surface area (Å²) in [4.78, 5) is 34.8. The number of hydrogen-bond acceptors (Lipinski definition) is 5. The van der Waals surface area contributed by atoms with Crippen LogP contribution >= 0.6 is 0 Å². The van der Waals surface area contributed by atoms with E-state index in [-0.39, 0.29) is 6.41 Å². The first kappa shape index (κ1) is 36.5. The number of nitrogens with one attached hydrogen (secondary N) is 1. The summed E-state index contributed by atoms with van der Waals surface area (Å²) in [6, 6.07) is 10.3. The fourth-order valence-corrected chi connectivity index (χ4v) is 5.04. The Kier molecular flexibility index (Phi) is 18.5. The standard InChI is InChI=1S/C21H25N3O.C9H17N.C2H6.C2H2.CH3NO/c1-2-18(25)9-5-3-4-6-10-21-23-15-20(24-21)17-12-11-16-8-7-13-22-19(16)14-17;1-2-10-7-5-9(3-4-9)6-8-10;2*1-2;2-1-3/h7-8,11-15H,2-6,9-10H2,1H3,(H,23,24);2-8H2,1H3;1-2H3;1-2H;1H,(H2,2,3). The number of carbonyl (C=O) groups is 2. The average molecular weight is 576 g/mol. The summed E-state index contributed by atoms with van der Waals surface area (Å²) < 4.78 is 0. The number of carbonyl (C=O) groups excluding carboxylic acids is 2. The van der Waals surface area contributed by atoms with Gasteiger partial charge in [-0.2, -0.15) is 0 Å². The van der Waals surface area contributed by atoms with Crippen LogP contribution in [0.15, 0.2) is 42.7 Å². The van der Waals surface area contributed by atoms with Crippen molar-refractivity contribution in [3.8, 4) is 24.1 Å². The summed E-state index contributed by atoms with van der Waals surface area (Å²) in [5, 5.41) is 1.15. The molecule has 5 rings (SSSR count). The van der Waals surface area contributed by atoms with Gasteiger partial charge in [0.25, 0.3) is 0 Å². The van der Waals surface area contributed by atoms with Crippen LogP contribution in [0.25, 0.3) is 22.2 Å². The Bertz CT molecular complexity index is 1170. The van der Waals surface area contributed by atoms with Crippen molar-refractivity contribution >= 4 is 23.1 Å². The molecule has 1 spiro atoms. The van der Waals surface area contributed by atoms with Gasteiger partial charge >= 0.3 is 0 Å². The number of Topliss-reactive ketones (excluding diaryl/α,β-unsaturated/α-hetero) is 1. The molecule has 1 aliphatic carbocycles. The number of aromatic amines is 1. The van der Waals surface area contributed by atoms with Crippen LogP contribution < -0.4 is 5.73 Å². The maximum atomic E-state index is 11.3. The molecule has 2 fully saturated rings. The number of H-pyrrole nitrogens is 1. The van der Waals surface area contributed by atoms with Gasteiger partial charge in [0, 0.05) is 36.4 Å². The van der Waals surface area contributed by atoms with E-state index in [4.69, 9.17) is 4.79 Å². The first-order chi connectivity index (χ1) is 20.5. The highest BCUT2D eigenvalue weighted by Gasteiger charge is 2.43. The molecule has 3 aromatic rings. The van der Waals surface area contributed by atoms with Gasteiger partial charge in [-0.05, 0) is 75.7 Å². The molecule has 0 unspecified atom stereocenters. The Morgan fingerprint density at radius 3 is 2.31 bits per heavy atom. The molecule has 3 N–H and O–H groups in total. The highest BCUT2D eigenvalue weighted by molar-refractivity contribution is 5.83. The Hall–Kier alpha value is -3.50. The van der Waals surface area contributed by atoms with Gasteiger partial charge < -0.3 is 15.6 Å². The maximum absolute atomic E-state index is 11.3. The lowest BCUT2D eigenvalue weighted by molar-refractivity contribution is -0.118. The van der Waals surface area contributed by atoms with Crippen LogP contribution in [0.1, 0.15) is 97.7 Å². The minimum atomic E-state index is 0.250. The third-order valence-corrected chi connectivity index (χ3v) is 7.88. The van der Waals surface area contributed by atoms with E-state index in [9.17, 15) is 4.79 Å². The molecule has 2 aliphatic rings. The Morgan fingerprint density at radius 1 is 1.02 bits per heavy atom. The van der Waals surface area contributed by atoms with E-state index < -0.39 is 0 Å². The fraction of sp³-hybridized carbons (Fsp3) is 0.543. The molecule has 1 aliphatic heterocycles. The second-order valence-corrected chi connectivity index (χ2v) is 10.5. The fourth-order valence-electron chi connectivity index (χ4n) is 5.04. The van der Waals surface area contributed by atoms with E-state index >= 15 is 0 Å². The second-order valence-electron chi connectivity index (χ2n) is 10.5. The SMILES string of the molecule is C#C.CC.CCC(=O)CCCCCCc1ncc(-c2ccc3cccnc3c2)[nH]1.CCN1CCC2(CC1)CC2.NC=O. The van der Waals surface area contributed by atoms with Crippen molar-refractivity contribution in [2.24, 2.45) is 11.1 Å². The zero-order valence-electron chi connectivity index (χ0n) is 26.4. The topological polar surface area (TPSA) is 105 Å². The number of piperidine rings is 1. The summed E-state index contributed by atoms with van der Waals surface area (Å²) >= 11 is 0. The molecule has 1 saturated carbocycles. The van der Waals surface area contributed by atoms with Gasteiger partial charge in [0.05, 0.1) is 17.4 Å². The second kappa shape index (κ2) is 21.2. The van der Waals surface area contributed by atoms with Crippen LogP contribution in [-0.2, 0) is 16.0 Å². The number of hydrogen-bond donors (Lipinski definition) is 2. The van der Waals surface area contributed by atoms with Gasteiger partial charge in [0.2, 0.25) is 6.41 Å². The van der Waals surface area contributed by atoms with Crippen molar-refractivity contribution in [2.45, 2.75) is 98.3 Å². The number of primary amides is 1. The molecule has 230 valence electrons. The summed E-state index contributed by atoms with van der Waals surface area (Å²) in [6.45, 7) is 12.2. The van der Waals surface area contributed by atoms with E-state index in [1.807, 2.05) is 39.2 Å². The van der Waals surface area contributed by atoms with Gasteiger partial charge in [-0.3, -0.25) is 14.6 Å². The van der Waals surface area contributed by atoms with E-state index in [0.29, 0.717) is 12.2 Å². The van der Waals surface area contributed by atoms with E-state index in [0.717, 1.165) is 71.9 Å². The number of ketones is 1. The summed E-state index contributed by atoms with van der Waals surface area (Å²) in [5.74, 6) is 1.40. The van der Waals surface area contributed by atoms with Crippen LogP contribution in [-0.4, -0.2) is 51.7 Å². The molecule has 7 heteroatoms. The molecule has 2 aromatic heterocycles. The van der Waals surface area contributed by atoms with E-state index in [1.54, 1.807) is 0 Å². The largest absolute Gasteiger partial charge is 0.372 e. The summed E-state index contributed by atoms with van der Waals surface area (Å²) in [6.07, 6.45) is 24.7. The molecular formula is C35H53N5O2. The normalized spacial score (nSPS) is 14.4. The number of rotatable bonds is 10. The minimum absolute atomic E-state index is 0.250. The number of benzene rings is 1. The number of terminal acetylenes is 1. The van der Waals surface area contributed by atoms with Gasteiger partial charge in [0.15, 0.2) is 0 Å². The third-order valence-electron chi connectivity index (χ3n) is 7.88. The molecule has 1 saturated heterocycles. The van der Waals surface area contributed by atoms with Crippen LogP contribution in [0.5, 0.6) is 0 Å². The van der Waals surface area contributed by atoms with Crippen LogP contribution in [0.4, 0.5) is 0 Å². The Labute approximate surface area is 254 Å². The zero-order valence-corrected chi connectivity index (χ0v) is 26.4. The van der Waals surface area contributed by atoms with Crippen molar-refractivity contribution in [3.05, 3.63) is 48.5 Å². The molecule has 1 amide bonds. The minimum Gasteiger partial charge on any atom is -0.372 e. The predicted molar refractivity (Wildman–Crippen MR) is 176 cm³/mol. The summed E-state index contributed by atoms with van der Waals surface area (Å²) in [5.41, 5.74) is 8.18. The van der Waals surface area contributed by atoms with Crippen LogP contribution in [0.3, 0.4) is 0 Å². The number of nitrogens with zero attached hydrogens (tertiary/aromatic N) is 3. The molecule has 42 heavy (non-hydrogen) atoms. The molecule has 0 bridgehead atoms. The molecule has 3 heterocycles. The molecule has 0 radical (unpaired) electrons. The molecular weight excluding hydrogens is 522 g/mol. The number of amides is 1. The number of imidazole rings is 1. The van der Waals surface area contributed by atoms with Crippen molar-refractivity contribution in [1.82, 2.24) is 19.9 Å². The number of nitrogens with two attached hydrogens (primary N) is 1. The predicted octanol–water partition coefficient (Wildman–Crippen LogP) is 7.36. The first-order valence-corrected chi connectivity index (χ1v) is 15.6. The average Bonchev–Trinajstić information content (AvgIpc) is 3.63. The van der Waals surface area contributed by atoms with E-state index in [1.165, 1.54) is 45.3 Å². The monoisotopic (exact) mass is 575 g/mol. The molecule has 1 aromatic carbocycles. The lowest BCUT2D eigenvalue weighted by atomic mass is 9.94. The quantitative estimate of drug-likeness (QED) is 0.149. The number of unbranched alkanes of at least 4 members (excludes halogenated alkanes) is 3. The van der Waals surface area contributed by atoms with Gasteiger partial charge in [0.1, 0.15) is 11.6 Å². The highest BCUT2D eigenvalue weighted by Crippen LogP contribution is 2.53. The number of aromatic nitrogens is 3. The third kappa shape index (κ3) is 13.0. The Morgan fingerprint density at radius 2 is 1.69 bits per heavy atom. The number of likely N-dealkylation sites (tertiary alicyclic amines) is 1. The van der Waals surface area contributed by atoms with Gasteiger partial charge in [-0.25, -0.2) is 4.98 Å². The number of pyridine rings is 1. The zero-order chi connectivity index (χ0) is 31.2. The summed E-state index contributed by atoms with van der Waals surface area (Å²) in [7, 11) is 0. The van der Waals surface area contributed by atoms with Crippen LogP contribution in [0.2, 0.25) is 0 Å². The first-order valence-electron chi connectivity index (χ1n) is 15.6. The number of fused-ring (bicyclic) bond motifs is 1. The van der Waals surface area contributed by atoms with Gasteiger partial charge in [-0.15, -0.1) is 12.8 Å². The highest BCUT2D eigenvalue weighted by atomic mass is 16.1. The lowest BCUT2D eigenvalue weighted by Gasteiger charge is -2.30. The maximum Gasteiger partial charge on any atom is 0.204 e. The lowest BCUT2D eigenvalue weighted by Crippen LogP contribution is -2.34. The van der Waals surface area contributed by atoms with Gasteiger partial charge in [-0.1, -0.05) is 58.7 Å². The smallest absolute Gasteiger partial charge is 0.204 e. The molecule has 0 atom stereocenters.